The summed E-state index contributed by atoms with van der Waals surface area (Å²) in [5.74, 6) is -0.283. The van der Waals surface area contributed by atoms with Crippen molar-refractivity contribution in [3.63, 3.8) is 0 Å². The van der Waals surface area contributed by atoms with Crippen LogP contribution in [0, 0.1) is 0 Å². The van der Waals surface area contributed by atoms with E-state index >= 15 is 0 Å². The molecule has 0 atom stereocenters. The maximum atomic E-state index is 11.9. The van der Waals surface area contributed by atoms with Crippen LogP contribution in [0.25, 0.3) is 6.08 Å². The fraction of sp³-hybridized carbons (Fsp3) is 0.0588. The summed E-state index contributed by atoms with van der Waals surface area (Å²) in [6, 6.07) is 12.6. The Kier molecular flexibility index (Phi) is 3.94. The number of amides is 2. The minimum Gasteiger partial charge on any atom is -0.326 e. The summed E-state index contributed by atoms with van der Waals surface area (Å²) in [6.45, 7) is 0. The van der Waals surface area contributed by atoms with Gasteiger partial charge in [0.1, 0.15) is 0 Å². The lowest BCUT2D eigenvalue weighted by atomic mass is 10.1. The Labute approximate surface area is 132 Å². The molecule has 1 heterocycles. The van der Waals surface area contributed by atoms with Crippen LogP contribution in [0.3, 0.4) is 0 Å². The third-order valence-corrected chi connectivity index (χ3v) is 3.66. The summed E-state index contributed by atoms with van der Waals surface area (Å²) >= 11 is 6.02. The first-order valence-electron chi connectivity index (χ1n) is 6.78. The molecule has 0 saturated heterocycles. The van der Waals surface area contributed by atoms with Crippen molar-refractivity contribution >= 4 is 40.9 Å². The zero-order chi connectivity index (χ0) is 15.5. The predicted octanol–water partition coefficient (Wildman–Crippen LogP) is 3.49. The molecular weight excluding hydrogens is 300 g/mol. The van der Waals surface area contributed by atoms with Gasteiger partial charge in [-0.25, -0.2) is 0 Å². The molecule has 0 bridgehead atoms. The Morgan fingerprint density at radius 3 is 2.86 bits per heavy atom. The van der Waals surface area contributed by atoms with Gasteiger partial charge in [0, 0.05) is 22.5 Å². The lowest BCUT2D eigenvalue weighted by Crippen LogP contribution is -2.07. The second-order valence-electron chi connectivity index (χ2n) is 4.94. The van der Waals surface area contributed by atoms with Gasteiger partial charge in [-0.3, -0.25) is 9.59 Å². The van der Waals surface area contributed by atoms with Crippen LogP contribution < -0.4 is 10.6 Å². The maximum absolute atomic E-state index is 11.9. The van der Waals surface area contributed by atoms with Crippen LogP contribution >= 0.6 is 11.6 Å². The van der Waals surface area contributed by atoms with Crippen LogP contribution in [0.15, 0.2) is 48.5 Å². The van der Waals surface area contributed by atoms with Crippen LogP contribution in [0.1, 0.15) is 11.1 Å². The molecule has 0 unspecified atom stereocenters. The number of carbonyl (C=O) groups excluding carboxylic acids is 2. The standard InChI is InChI=1S/C17H13ClN2O2/c18-14-4-2-1-3-11(14)5-8-16(21)19-13-6-7-15-12(9-13)10-17(22)20-15/h1-9H,10H2,(H,19,21)(H,20,22)/b8-5+. The molecule has 4 nitrogen and oxygen atoms in total. The molecule has 22 heavy (non-hydrogen) atoms. The Morgan fingerprint density at radius 2 is 2.05 bits per heavy atom. The summed E-state index contributed by atoms with van der Waals surface area (Å²) in [5, 5.41) is 6.11. The highest BCUT2D eigenvalue weighted by Gasteiger charge is 2.17. The smallest absolute Gasteiger partial charge is 0.248 e. The minimum absolute atomic E-state index is 0.0305. The van der Waals surface area contributed by atoms with Gasteiger partial charge in [0.2, 0.25) is 11.8 Å². The molecule has 3 rings (SSSR count). The van der Waals surface area contributed by atoms with Crippen molar-refractivity contribution in [2.75, 3.05) is 10.6 Å². The number of rotatable bonds is 3. The van der Waals surface area contributed by atoms with Gasteiger partial charge in [0.25, 0.3) is 0 Å². The van der Waals surface area contributed by atoms with Gasteiger partial charge < -0.3 is 10.6 Å². The van der Waals surface area contributed by atoms with E-state index < -0.39 is 0 Å². The van der Waals surface area contributed by atoms with Crippen LogP contribution in [0.5, 0.6) is 0 Å². The van der Waals surface area contributed by atoms with Gasteiger partial charge in [0.05, 0.1) is 6.42 Å². The van der Waals surface area contributed by atoms with E-state index in [-0.39, 0.29) is 11.8 Å². The van der Waals surface area contributed by atoms with Crippen LogP contribution in [-0.2, 0) is 16.0 Å². The normalized spacial score (nSPS) is 13.0. The molecule has 1 aliphatic rings. The topological polar surface area (TPSA) is 58.2 Å². The molecule has 2 aromatic carbocycles. The van der Waals surface area contributed by atoms with Crippen molar-refractivity contribution in [1.29, 1.82) is 0 Å². The first-order chi connectivity index (χ1) is 10.6. The summed E-state index contributed by atoms with van der Waals surface area (Å²) in [7, 11) is 0. The highest BCUT2D eigenvalue weighted by Crippen LogP contribution is 2.26. The van der Waals surface area contributed by atoms with E-state index in [1.54, 1.807) is 30.3 Å². The van der Waals surface area contributed by atoms with E-state index in [1.807, 2.05) is 18.2 Å². The lowest BCUT2D eigenvalue weighted by Gasteiger charge is -2.05. The molecule has 5 heteroatoms. The van der Waals surface area contributed by atoms with Gasteiger partial charge in [0.15, 0.2) is 0 Å². The molecule has 2 N–H and O–H groups in total. The van der Waals surface area contributed by atoms with E-state index in [9.17, 15) is 9.59 Å². The average Bonchev–Trinajstić information content (AvgIpc) is 2.86. The second kappa shape index (κ2) is 6.03. The molecule has 0 saturated carbocycles. The average molecular weight is 313 g/mol. The molecule has 0 aliphatic carbocycles. The van der Waals surface area contributed by atoms with Crippen molar-refractivity contribution in [3.05, 3.63) is 64.7 Å². The molecule has 110 valence electrons. The molecule has 0 fully saturated rings. The Hall–Kier alpha value is -2.59. The fourth-order valence-electron chi connectivity index (χ4n) is 2.27. The quantitative estimate of drug-likeness (QED) is 0.852. The molecule has 0 spiro atoms. The number of hydrogen-bond donors (Lipinski definition) is 2. The monoisotopic (exact) mass is 312 g/mol. The number of nitrogens with one attached hydrogen (secondary N) is 2. The van der Waals surface area contributed by atoms with E-state index in [2.05, 4.69) is 10.6 Å². The summed E-state index contributed by atoms with van der Waals surface area (Å²) in [4.78, 5) is 23.2. The van der Waals surface area contributed by atoms with Crippen LogP contribution in [-0.4, -0.2) is 11.8 Å². The van der Waals surface area contributed by atoms with Crippen molar-refractivity contribution in [3.8, 4) is 0 Å². The highest BCUT2D eigenvalue weighted by molar-refractivity contribution is 6.32. The van der Waals surface area contributed by atoms with Crippen molar-refractivity contribution < 1.29 is 9.59 Å². The number of fused-ring (bicyclic) bond motifs is 1. The lowest BCUT2D eigenvalue weighted by molar-refractivity contribution is -0.115. The van der Waals surface area contributed by atoms with E-state index in [1.165, 1.54) is 6.08 Å². The van der Waals surface area contributed by atoms with Crippen molar-refractivity contribution in [2.24, 2.45) is 0 Å². The van der Waals surface area contributed by atoms with Gasteiger partial charge in [-0.2, -0.15) is 0 Å². The Balaban J connectivity index is 1.69. The maximum Gasteiger partial charge on any atom is 0.248 e. The SMILES string of the molecule is O=C(/C=C/c1ccccc1Cl)Nc1ccc2c(c1)CC(=O)N2. The molecule has 0 radical (unpaired) electrons. The van der Waals surface area contributed by atoms with Crippen LogP contribution in [0.2, 0.25) is 5.02 Å². The second-order valence-corrected chi connectivity index (χ2v) is 5.35. The summed E-state index contributed by atoms with van der Waals surface area (Å²) in [6.07, 6.45) is 3.43. The number of hydrogen-bond acceptors (Lipinski definition) is 2. The number of carbonyl (C=O) groups is 2. The van der Waals surface area contributed by atoms with Gasteiger partial charge in [-0.15, -0.1) is 0 Å². The molecule has 1 aliphatic heterocycles. The van der Waals surface area contributed by atoms with Gasteiger partial charge >= 0.3 is 0 Å². The molecular formula is C17H13ClN2O2. The van der Waals surface area contributed by atoms with E-state index in [0.717, 1.165) is 16.8 Å². The predicted molar refractivity (Wildman–Crippen MR) is 87.9 cm³/mol. The molecule has 0 aromatic heterocycles. The molecule has 2 aromatic rings. The first kappa shape index (κ1) is 14.4. The van der Waals surface area contributed by atoms with E-state index in [0.29, 0.717) is 17.1 Å². The molecule has 2 amide bonds. The Morgan fingerprint density at radius 1 is 1.23 bits per heavy atom. The van der Waals surface area contributed by atoms with E-state index in [4.69, 9.17) is 11.6 Å². The fourth-order valence-corrected chi connectivity index (χ4v) is 2.47. The van der Waals surface area contributed by atoms with Crippen molar-refractivity contribution in [1.82, 2.24) is 0 Å². The number of halogens is 1. The minimum atomic E-state index is -0.253. The number of anilines is 2. The zero-order valence-electron chi connectivity index (χ0n) is 11.6. The van der Waals surface area contributed by atoms with Gasteiger partial charge in [-0.05, 0) is 41.5 Å². The first-order valence-corrected chi connectivity index (χ1v) is 7.16. The summed E-state index contributed by atoms with van der Waals surface area (Å²) < 4.78 is 0. The third-order valence-electron chi connectivity index (χ3n) is 3.32. The Bertz CT molecular complexity index is 784. The third kappa shape index (κ3) is 3.18. The largest absolute Gasteiger partial charge is 0.326 e. The summed E-state index contributed by atoms with van der Waals surface area (Å²) in [5.41, 5.74) is 3.12. The van der Waals surface area contributed by atoms with Crippen molar-refractivity contribution in [2.45, 2.75) is 6.42 Å². The number of benzene rings is 2. The highest BCUT2D eigenvalue weighted by atomic mass is 35.5. The zero-order valence-corrected chi connectivity index (χ0v) is 12.4. The van der Waals surface area contributed by atoms with Gasteiger partial charge in [-0.1, -0.05) is 29.8 Å². The van der Waals surface area contributed by atoms with Crippen LogP contribution in [0.4, 0.5) is 11.4 Å².